The zero-order valence-electron chi connectivity index (χ0n) is 16.0. The maximum atomic E-state index is 12.5. The number of hydrogen-bond acceptors (Lipinski definition) is 4. The van der Waals surface area contributed by atoms with Gasteiger partial charge in [-0.25, -0.2) is 0 Å². The fourth-order valence-electron chi connectivity index (χ4n) is 2.41. The molecule has 0 spiro atoms. The minimum absolute atomic E-state index is 0.00439. The van der Waals surface area contributed by atoms with Crippen LogP contribution in [0.4, 0.5) is 5.69 Å². The van der Waals surface area contributed by atoms with Crippen LogP contribution in [-0.2, 0) is 4.74 Å². The molecule has 2 amide bonds. The fraction of sp³-hybridized carbons (Fsp3) is 0.333. The van der Waals surface area contributed by atoms with Crippen LogP contribution in [-0.4, -0.2) is 38.2 Å². The molecule has 27 heavy (non-hydrogen) atoms. The molecule has 6 nitrogen and oxygen atoms in total. The van der Waals surface area contributed by atoms with Crippen molar-refractivity contribution in [3.63, 3.8) is 0 Å². The van der Waals surface area contributed by atoms with Gasteiger partial charge in [0, 0.05) is 31.4 Å². The van der Waals surface area contributed by atoms with E-state index in [2.05, 4.69) is 10.6 Å². The van der Waals surface area contributed by atoms with E-state index < -0.39 is 0 Å². The first-order valence-corrected chi connectivity index (χ1v) is 8.95. The molecule has 0 radical (unpaired) electrons. The van der Waals surface area contributed by atoms with Crippen molar-refractivity contribution in [3.8, 4) is 5.75 Å². The van der Waals surface area contributed by atoms with Crippen molar-refractivity contribution in [1.82, 2.24) is 5.32 Å². The van der Waals surface area contributed by atoms with Crippen molar-refractivity contribution >= 4 is 17.5 Å². The van der Waals surface area contributed by atoms with Crippen molar-refractivity contribution < 1.29 is 19.1 Å². The third-order valence-electron chi connectivity index (χ3n) is 3.72. The Labute approximate surface area is 159 Å². The summed E-state index contributed by atoms with van der Waals surface area (Å²) in [6.07, 6.45) is 0.755. The van der Waals surface area contributed by atoms with Gasteiger partial charge in [-0.3, -0.25) is 9.59 Å². The summed E-state index contributed by atoms with van der Waals surface area (Å²) in [5.41, 5.74) is 1.58. The van der Waals surface area contributed by atoms with Crippen LogP contribution in [0.3, 0.4) is 0 Å². The first-order chi connectivity index (χ1) is 13.0. The number of amides is 2. The highest BCUT2D eigenvalue weighted by molar-refractivity contribution is 6.05. The van der Waals surface area contributed by atoms with Crippen LogP contribution in [0, 0.1) is 0 Å². The number of ether oxygens (including phenoxy) is 2. The highest BCUT2D eigenvalue weighted by Crippen LogP contribution is 2.25. The molecule has 0 unspecified atom stereocenters. The maximum Gasteiger partial charge on any atom is 0.255 e. The topological polar surface area (TPSA) is 76.7 Å². The molecule has 2 rings (SSSR count). The van der Waals surface area contributed by atoms with E-state index in [0.29, 0.717) is 35.7 Å². The van der Waals surface area contributed by atoms with E-state index in [9.17, 15) is 9.59 Å². The minimum Gasteiger partial charge on any atom is -0.489 e. The molecule has 0 saturated carbocycles. The number of nitrogens with one attached hydrogen (secondary N) is 2. The summed E-state index contributed by atoms with van der Waals surface area (Å²) in [4.78, 5) is 24.6. The van der Waals surface area contributed by atoms with Gasteiger partial charge in [-0.05, 0) is 56.7 Å². The fourth-order valence-corrected chi connectivity index (χ4v) is 2.41. The molecule has 0 aliphatic carbocycles. The number of hydrogen-bond donors (Lipinski definition) is 2. The molecule has 0 saturated heterocycles. The Hall–Kier alpha value is -2.86. The summed E-state index contributed by atoms with van der Waals surface area (Å²) in [6, 6.07) is 13.8. The van der Waals surface area contributed by atoms with E-state index in [0.717, 1.165) is 6.42 Å². The Bertz CT molecular complexity index is 757. The van der Waals surface area contributed by atoms with Crippen molar-refractivity contribution in [3.05, 3.63) is 59.7 Å². The summed E-state index contributed by atoms with van der Waals surface area (Å²) in [5.74, 6) is 0.184. The molecule has 0 fully saturated rings. The van der Waals surface area contributed by atoms with E-state index in [4.69, 9.17) is 9.47 Å². The molecule has 0 atom stereocenters. The van der Waals surface area contributed by atoms with Gasteiger partial charge in [-0.2, -0.15) is 0 Å². The Morgan fingerprint density at radius 3 is 2.22 bits per heavy atom. The number of anilines is 1. The zero-order chi connectivity index (χ0) is 19.6. The molecule has 2 N–H and O–H groups in total. The van der Waals surface area contributed by atoms with Crippen LogP contribution < -0.4 is 15.4 Å². The van der Waals surface area contributed by atoms with Gasteiger partial charge in [0.25, 0.3) is 11.8 Å². The van der Waals surface area contributed by atoms with E-state index in [-0.39, 0.29) is 17.9 Å². The van der Waals surface area contributed by atoms with Crippen LogP contribution in [0.15, 0.2) is 48.5 Å². The highest BCUT2D eigenvalue weighted by Gasteiger charge is 2.12. The predicted molar refractivity (Wildman–Crippen MR) is 105 cm³/mol. The third kappa shape index (κ3) is 6.42. The normalized spacial score (nSPS) is 10.5. The number of methoxy groups -OCH3 is 1. The Morgan fingerprint density at radius 2 is 1.59 bits per heavy atom. The Balaban J connectivity index is 1.99. The second-order valence-electron chi connectivity index (χ2n) is 6.30. The first kappa shape index (κ1) is 20.5. The molecule has 0 heterocycles. The van der Waals surface area contributed by atoms with Gasteiger partial charge in [0.1, 0.15) is 5.75 Å². The highest BCUT2D eigenvalue weighted by atomic mass is 16.5. The smallest absolute Gasteiger partial charge is 0.255 e. The molecule has 6 heteroatoms. The van der Waals surface area contributed by atoms with Crippen molar-refractivity contribution in [2.75, 3.05) is 25.6 Å². The average molecular weight is 370 g/mol. The SMILES string of the molecule is COCCCNC(=O)c1ccc(C(=O)Nc2ccccc2OC(C)C)cc1. The molecule has 0 aliphatic heterocycles. The number of benzene rings is 2. The van der Waals surface area contributed by atoms with Crippen LogP contribution in [0.5, 0.6) is 5.75 Å². The van der Waals surface area contributed by atoms with Gasteiger partial charge in [-0.1, -0.05) is 12.1 Å². The zero-order valence-corrected chi connectivity index (χ0v) is 16.0. The molecular formula is C21H26N2O4. The van der Waals surface area contributed by atoms with E-state index in [1.54, 1.807) is 37.4 Å². The predicted octanol–water partition coefficient (Wildman–Crippen LogP) is 3.49. The van der Waals surface area contributed by atoms with E-state index in [1.165, 1.54) is 0 Å². The second-order valence-corrected chi connectivity index (χ2v) is 6.30. The van der Waals surface area contributed by atoms with Crippen LogP contribution in [0.25, 0.3) is 0 Å². The number of carbonyl (C=O) groups excluding carboxylic acids is 2. The molecule has 2 aromatic carbocycles. The van der Waals surface area contributed by atoms with Crippen molar-refractivity contribution in [1.29, 1.82) is 0 Å². The minimum atomic E-state index is -0.262. The number of para-hydroxylation sites is 2. The van der Waals surface area contributed by atoms with Gasteiger partial charge in [0.2, 0.25) is 0 Å². The monoisotopic (exact) mass is 370 g/mol. The first-order valence-electron chi connectivity index (χ1n) is 8.95. The van der Waals surface area contributed by atoms with Crippen LogP contribution in [0.2, 0.25) is 0 Å². The van der Waals surface area contributed by atoms with Gasteiger partial charge in [0.05, 0.1) is 11.8 Å². The lowest BCUT2D eigenvalue weighted by Crippen LogP contribution is -2.25. The average Bonchev–Trinajstić information content (AvgIpc) is 2.66. The molecular weight excluding hydrogens is 344 g/mol. The summed E-state index contributed by atoms with van der Waals surface area (Å²) in [6.45, 7) is 5.00. The van der Waals surface area contributed by atoms with E-state index >= 15 is 0 Å². The Kier molecular flexibility index (Phi) is 7.82. The van der Waals surface area contributed by atoms with Crippen LogP contribution >= 0.6 is 0 Å². The lowest BCUT2D eigenvalue weighted by Gasteiger charge is -2.14. The molecule has 144 valence electrons. The summed E-state index contributed by atoms with van der Waals surface area (Å²) >= 11 is 0. The molecule has 0 bridgehead atoms. The van der Waals surface area contributed by atoms with Gasteiger partial charge in [-0.15, -0.1) is 0 Å². The lowest BCUT2D eigenvalue weighted by atomic mass is 10.1. The maximum absolute atomic E-state index is 12.5. The standard InChI is InChI=1S/C21H26N2O4/c1-15(2)27-19-8-5-4-7-18(19)23-21(25)17-11-9-16(10-12-17)20(24)22-13-6-14-26-3/h4-5,7-12,15H,6,13-14H2,1-3H3,(H,22,24)(H,23,25). The largest absolute Gasteiger partial charge is 0.489 e. The number of carbonyl (C=O) groups is 2. The van der Waals surface area contributed by atoms with Crippen LogP contribution in [0.1, 0.15) is 41.0 Å². The van der Waals surface area contributed by atoms with Crippen molar-refractivity contribution in [2.24, 2.45) is 0 Å². The van der Waals surface area contributed by atoms with Gasteiger partial charge >= 0.3 is 0 Å². The summed E-state index contributed by atoms with van der Waals surface area (Å²) in [7, 11) is 1.62. The second kappa shape index (κ2) is 10.3. The third-order valence-corrected chi connectivity index (χ3v) is 3.72. The molecule has 0 aromatic heterocycles. The lowest BCUT2D eigenvalue weighted by molar-refractivity contribution is 0.0947. The van der Waals surface area contributed by atoms with Gasteiger partial charge in [0.15, 0.2) is 0 Å². The van der Waals surface area contributed by atoms with Crippen molar-refractivity contribution in [2.45, 2.75) is 26.4 Å². The quantitative estimate of drug-likeness (QED) is 0.663. The van der Waals surface area contributed by atoms with E-state index in [1.807, 2.05) is 32.0 Å². The Morgan fingerprint density at radius 1 is 0.963 bits per heavy atom. The molecule has 0 aliphatic rings. The molecule has 2 aromatic rings. The summed E-state index contributed by atoms with van der Waals surface area (Å²) < 4.78 is 10.7. The summed E-state index contributed by atoms with van der Waals surface area (Å²) in [5, 5.41) is 5.66. The van der Waals surface area contributed by atoms with Gasteiger partial charge < -0.3 is 20.1 Å². The number of rotatable bonds is 9.